The third kappa shape index (κ3) is 1.88. The first kappa shape index (κ1) is 11.0. The van der Waals surface area contributed by atoms with Crippen molar-refractivity contribution in [2.75, 3.05) is 0 Å². The molecule has 2 heterocycles. The highest BCUT2D eigenvalue weighted by molar-refractivity contribution is 5.23. The predicted octanol–water partition coefficient (Wildman–Crippen LogP) is 2.24. The quantitative estimate of drug-likeness (QED) is 0.858. The van der Waals surface area contributed by atoms with Crippen molar-refractivity contribution in [3.8, 4) is 0 Å². The van der Waals surface area contributed by atoms with E-state index in [1.54, 1.807) is 12.5 Å². The lowest BCUT2D eigenvalue weighted by atomic mass is 10.1. The molecule has 0 aliphatic carbocycles. The van der Waals surface area contributed by atoms with Gasteiger partial charge in [0.05, 0.1) is 6.26 Å². The van der Waals surface area contributed by atoms with Crippen LogP contribution in [-0.4, -0.2) is 9.55 Å². The van der Waals surface area contributed by atoms with E-state index < -0.39 is 0 Å². The Balaban J connectivity index is 2.30. The predicted molar refractivity (Wildman–Crippen MR) is 62.0 cm³/mol. The van der Waals surface area contributed by atoms with Crippen molar-refractivity contribution in [1.29, 1.82) is 0 Å². The largest absolute Gasteiger partial charge is 0.467 e. The van der Waals surface area contributed by atoms with Crippen molar-refractivity contribution in [1.82, 2.24) is 9.55 Å². The molecule has 0 saturated heterocycles. The summed E-state index contributed by atoms with van der Waals surface area (Å²) >= 11 is 0. The van der Waals surface area contributed by atoms with Gasteiger partial charge >= 0.3 is 0 Å². The molecule has 0 fully saturated rings. The fourth-order valence-electron chi connectivity index (χ4n) is 1.85. The number of nitrogens with two attached hydrogens (primary N) is 1. The summed E-state index contributed by atoms with van der Waals surface area (Å²) in [5.74, 6) is 1.66. The minimum atomic E-state index is -0.281. The first-order valence-corrected chi connectivity index (χ1v) is 5.54. The Bertz CT molecular complexity index is 458. The number of imidazole rings is 1. The fourth-order valence-corrected chi connectivity index (χ4v) is 1.85. The van der Waals surface area contributed by atoms with Gasteiger partial charge in [-0.25, -0.2) is 4.98 Å². The SMILES string of the molecule is CCCn1ccnc1C(N)c1occc1C. The molecule has 0 spiro atoms. The van der Waals surface area contributed by atoms with Crippen molar-refractivity contribution in [2.45, 2.75) is 32.9 Å². The molecular formula is C12H17N3O. The van der Waals surface area contributed by atoms with Gasteiger partial charge in [0, 0.05) is 18.9 Å². The Hall–Kier alpha value is -1.55. The van der Waals surface area contributed by atoms with Gasteiger partial charge in [-0.3, -0.25) is 0 Å². The van der Waals surface area contributed by atoms with E-state index in [-0.39, 0.29) is 6.04 Å². The van der Waals surface area contributed by atoms with Crippen LogP contribution in [0, 0.1) is 6.92 Å². The first-order valence-electron chi connectivity index (χ1n) is 5.54. The third-order valence-corrected chi connectivity index (χ3v) is 2.67. The van der Waals surface area contributed by atoms with Gasteiger partial charge in [-0.05, 0) is 25.0 Å². The lowest BCUT2D eigenvalue weighted by Crippen LogP contribution is -2.18. The summed E-state index contributed by atoms with van der Waals surface area (Å²) in [5.41, 5.74) is 7.23. The van der Waals surface area contributed by atoms with E-state index in [2.05, 4.69) is 16.5 Å². The highest BCUT2D eigenvalue weighted by atomic mass is 16.3. The van der Waals surface area contributed by atoms with Crippen LogP contribution in [0.5, 0.6) is 0 Å². The summed E-state index contributed by atoms with van der Waals surface area (Å²) in [7, 11) is 0. The van der Waals surface area contributed by atoms with Crippen LogP contribution in [0.3, 0.4) is 0 Å². The zero-order chi connectivity index (χ0) is 11.5. The Morgan fingerprint density at radius 1 is 1.56 bits per heavy atom. The summed E-state index contributed by atoms with van der Waals surface area (Å²) < 4.78 is 7.48. The normalized spacial score (nSPS) is 12.9. The van der Waals surface area contributed by atoms with Crippen LogP contribution in [0.4, 0.5) is 0 Å². The summed E-state index contributed by atoms with van der Waals surface area (Å²) in [4.78, 5) is 4.31. The molecule has 2 aromatic rings. The molecule has 0 saturated carbocycles. The number of hydrogen-bond acceptors (Lipinski definition) is 3. The maximum atomic E-state index is 6.16. The average Bonchev–Trinajstić information content (AvgIpc) is 2.87. The molecule has 0 radical (unpaired) electrons. The molecule has 16 heavy (non-hydrogen) atoms. The highest BCUT2D eigenvalue weighted by Gasteiger charge is 2.19. The molecule has 1 unspecified atom stereocenters. The summed E-state index contributed by atoms with van der Waals surface area (Å²) in [6.07, 6.45) is 6.46. The number of furan rings is 1. The van der Waals surface area contributed by atoms with Gasteiger partial charge in [-0.2, -0.15) is 0 Å². The molecule has 4 nitrogen and oxygen atoms in total. The van der Waals surface area contributed by atoms with Gasteiger partial charge in [0.15, 0.2) is 0 Å². The number of aryl methyl sites for hydroxylation is 2. The minimum Gasteiger partial charge on any atom is -0.467 e. The summed E-state index contributed by atoms with van der Waals surface area (Å²) in [6, 6.07) is 1.64. The van der Waals surface area contributed by atoms with Crippen molar-refractivity contribution in [3.05, 3.63) is 41.9 Å². The number of rotatable bonds is 4. The smallest absolute Gasteiger partial charge is 0.133 e. The summed E-state index contributed by atoms with van der Waals surface area (Å²) in [6.45, 7) is 5.06. The Morgan fingerprint density at radius 2 is 2.38 bits per heavy atom. The minimum absolute atomic E-state index is 0.281. The second-order valence-electron chi connectivity index (χ2n) is 3.92. The van der Waals surface area contributed by atoms with Crippen LogP contribution in [0.2, 0.25) is 0 Å². The molecule has 2 rings (SSSR count). The topological polar surface area (TPSA) is 57.0 Å². The van der Waals surface area contributed by atoms with Crippen LogP contribution in [0.25, 0.3) is 0 Å². The maximum Gasteiger partial charge on any atom is 0.133 e. The van der Waals surface area contributed by atoms with E-state index in [0.717, 1.165) is 30.1 Å². The lowest BCUT2D eigenvalue weighted by Gasteiger charge is -2.12. The van der Waals surface area contributed by atoms with E-state index in [1.165, 1.54) is 0 Å². The van der Waals surface area contributed by atoms with E-state index >= 15 is 0 Å². The number of nitrogens with zero attached hydrogens (tertiary/aromatic N) is 2. The molecule has 0 aliphatic rings. The molecule has 0 amide bonds. The molecule has 2 aromatic heterocycles. The van der Waals surface area contributed by atoms with Crippen LogP contribution in [0.1, 0.15) is 36.5 Å². The summed E-state index contributed by atoms with van der Waals surface area (Å²) in [5, 5.41) is 0. The number of aromatic nitrogens is 2. The zero-order valence-electron chi connectivity index (χ0n) is 9.68. The average molecular weight is 219 g/mol. The molecule has 0 bridgehead atoms. The van der Waals surface area contributed by atoms with Crippen molar-refractivity contribution in [3.63, 3.8) is 0 Å². The first-order chi connectivity index (χ1) is 7.74. The monoisotopic (exact) mass is 219 g/mol. The van der Waals surface area contributed by atoms with Gasteiger partial charge in [0.1, 0.15) is 17.6 Å². The van der Waals surface area contributed by atoms with Gasteiger partial charge in [0.25, 0.3) is 0 Å². The standard InChI is InChI=1S/C12H17N3O/c1-3-6-15-7-5-14-12(15)10(13)11-9(2)4-8-16-11/h4-5,7-8,10H,3,6,13H2,1-2H3. The molecule has 0 aliphatic heterocycles. The molecule has 86 valence electrons. The van der Waals surface area contributed by atoms with Crippen LogP contribution < -0.4 is 5.73 Å². The number of hydrogen-bond donors (Lipinski definition) is 1. The van der Waals surface area contributed by atoms with Gasteiger partial charge in [-0.15, -0.1) is 0 Å². The van der Waals surface area contributed by atoms with Gasteiger partial charge in [0.2, 0.25) is 0 Å². The molecule has 0 aromatic carbocycles. The van der Waals surface area contributed by atoms with E-state index in [0.29, 0.717) is 0 Å². The maximum absolute atomic E-state index is 6.16. The van der Waals surface area contributed by atoms with Crippen molar-refractivity contribution < 1.29 is 4.42 Å². The van der Waals surface area contributed by atoms with Crippen molar-refractivity contribution in [2.24, 2.45) is 5.73 Å². The molecule has 4 heteroatoms. The Kier molecular flexibility index (Phi) is 3.10. The molecule has 1 atom stereocenters. The fraction of sp³-hybridized carbons (Fsp3) is 0.417. The van der Waals surface area contributed by atoms with E-state index in [9.17, 15) is 0 Å². The second-order valence-corrected chi connectivity index (χ2v) is 3.92. The second kappa shape index (κ2) is 4.53. The van der Waals surface area contributed by atoms with E-state index in [4.69, 9.17) is 10.2 Å². The van der Waals surface area contributed by atoms with E-state index in [1.807, 2.05) is 19.2 Å². The third-order valence-electron chi connectivity index (χ3n) is 2.67. The van der Waals surface area contributed by atoms with Gasteiger partial charge < -0.3 is 14.7 Å². The van der Waals surface area contributed by atoms with Gasteiger partial charge in [-0.1, -0.05) is 6.92 Å². The van der Waals surface area contributed by atoms with Crippen LogP contribution in [-0.2, 0) is 6.54 Å². The van der Waals surface area contributed by atoms with Crippen LogP contribution >= 0.6 is 0 Å². The highest BCUT2D eigenvalue weighted by Crippen LogP contribution is 2.22. The molecule has 2 N–H and O–H groups in total. The lowest BCUT2D eigenvalue weighted by molar-refractivity contribution is 0.469. The van der Waals surface area contributed by atoms with Crippen LogP contribution in [0.15, 0.2) is 29.1 Å². The van der Waals surface area contributed by atoms with Crippen molar-refractivity contribution >= 4 is 0 Å². The Labute approximate surface area is 95.1 Å². The zero-order valence-corrected chi connectivity index (χ0v) is 9.68. The molecular weight excluding hydrogens is 202 g/mol. The Morgan fingerprint density at radius 3 is 3.00 bits per heavy atom.